The Morgan fingerprint density at radius 2 is 1.14 bits per heavy atom. The van der Waals surface area contributed by atoms with E-state index in [4.69, 9.17) is 85.6 Å². The van der Waals surface area contributed by atoms with Gasteiger partial charge in [-0.2, -0.15) is 0 Å². The normalized spacial score (nSPS) is 11.9. The van der Waals surface area contributed by atoms with Crippen LogP contribution >= 0.6 is 81.2 Å². The molecule has 0 amide bonds. The molecule has 0 saturated carbocycles. The molecule has 43 heavy (non-hydrogen) atoms. The van der Waals surface area contributed by atoms with E-state index in [1.807, 2.05) is 48.5 Å². The maximum Gasteiger partial charge on any atom is 0.213 e. The molecule has 7 aromatic rings. The van der Waals surface area contributed by atoms with Crippen LogP contribution < -0.4 is 0 Å². The van der Waals surface area contributed by atoms with Gasteiger partial charge in [-0.15, -0.1) is 0 Å². The third kappa shape index (κ3) is 4.78. The lowest BCUT2D eigenvalue weighted by Gasteiger charge is -2.25. The molecular formula is C33H15Cl7FNO. The summed E-state index contributed by atoms with van der Waals surface area (Å²) in [6.45, 7) is 0. The molecule has 0 aliphatic heterocycles. The second-order valence-electron chi connectivity index (χ2n) is 9.96. The molecule has 0 saturated heterocycles. The minimum absolute atomic E-state index is 0.116. The first kappa shape index (κ1) is 29.1. The van der Waals surface area contributed by atoms with Gasteiger partial charge in [0, 0.05) is 58.0 Å². The number of fused-ring (bicyclic) bond motifs is 5. The van der Waals surface area contributed by atoms with Gasteiger partial charge in [0.1, 0.15) is 17.1 Å². The Kier molecular flexibility index (Phi) is 7.51. The third-order valence-electron chi connectivity index (χ3n) is 7.46. The Morgan fingerprint density at radius 1 is 0.605 bits per heavy atom. The minimum atomic E-state index is -0.830. The topological polar surface area (TPSA) is 18.1 Å². The third-order valence-corrected chi connectivity index (χ3v) is 9.43. The summed E-state index contributed by atoms with van der Waals surface area (Å²) in [7, 11) is 0. The largest absolute Gasteiger partial charge is 0.439 e. The smallest absolute Gasteiger partial charge is 0.213 e. The minimum Gasteiger partial charge on any atom is -0.439 e. The summed E-state index contributed by atoms with van der Waals surface area (Å²) in [5.74, 6) is -1.44. The zero-order valence-electron chi connectivity index (χ0n) is 21.5. The van der Waals surface area contributed by atoms with Crippen molar-refractivity contribution in [3.8, 4) is 5.69 Å². The predicted molar refractivity (Wildman–Crippen MR) is 179 cm³/mol. The van der Waals surface area contributed by atoms with Crippen LogP contribution in [0.1, 0.15) is 22.6 Å². The number of hydrogen-bond donors (Lipinski definition) is 0. The molecule has 0 aliphatic rings. The number of halogens is 8. The summed E-state index contributed by atoms with van der Waals surface area (Å²) >= 11 is 46.2. The van der Waals surface area contributed by atoms with Gasteiger partial charge in [0.2, 0.25) is 5.71 Å². The Balaban J connectivity index is 1.52. The van der Waals surface area contributed by atoms with Crippen molar-refractivity contribution in [2.24, 2.45) is 0 Å². The maximum atomic E-state index is 16.6. The lowest BCUT2D eigenvalue weighted by atomic mass is 9.84. The lowest BCUT2D eigenvalue weighted by Crippen LogP contribution is -2.09. The van der Waals surface area contributed by atoms with Gasteiger partial charge < -0.3 is 4.42 Å². The second-order valence-corrected chi connectivity index (χ2v) is 12.9. The zero-order chi connectivity index (χ0) is 30.2. The quantitative estimate of drug-likeness (QED) is 0.167. The van der Waals surface area contributed by atoms with Crippen molar-refractivity contribution < 1.29 is 8.81 Å². The molecule has 214 valence electrons. The van der Waals surface area contributed by atoms with Gasteiger partial charge in [-0.1, -0.05) is 118 Å². The summed E-state index contributed by atoms with van der Waals surface area (Å²) < 4.78 is 24.6. The van der Waals surface area contributed by atoms with E-state index in [1.165, 1.54) is 6.07 Å². The number of furan rings is 1. The van der Waals surface area contributed by atoms with Crippen LogP contribution in [0.4, 0.5) is 4.39 Å². The number of para-hydroxylation sites is 2. The average molecular weight is 709 g/mol. The molecule has 0 unspecified atom stereocenters. The standard InChI is InChI=1S/C33H15Cl7FNO/c34-16-11-20(36)30(21(37)12-16)28(31-22(38)13-17(35)14-23(31)39)15-9-24(40)32(25(41)10-15)42-26-7-3-1-5-18(26)29-19-6-2-4-8-27(19)43-33(29)42/h1-14,28H. The van der Waals surface area contributed by atoms with Crippen molar-refractivity contribution in [3.05, 3.63) is 143 Å². The van der Waals surface area contributed by atoms with E-state index >= 15 is 4.39 Å². The number of rotatable bonds is 4. The summed E-state index contributed by atoms with van der Waals surface area (Å²) in [5.41, 5.74) is 3.26. The number of benzene rings is 5. The van der Waals surface area contributed by atoms with Crippen LogP contribution in [0.2, 0.25) is 35.2 Å². The summed E-state index contributed by atoms with van der Waals surface area (Å²) in [5, 5.41) is 4.43. The highest BCUT2D eigenvalue weighted by Gasteiger charge is 2.30. The molecule has 5 aromatic carbocycles. The maximum absolute atomic E-state index is 16.6. The molecule has 0 atom stereocenters. The first-order valence-corrected chi connectivity index (χ1v) is 15.5. The summed E-state index contributed by atoms with van der Waals surface area (Å²) in [6, 6.07) is 24.6. The van der Waals surface area contributed by atoms with Crippen LogP contribution in [-0.2, 0) is 0 Å². The van der Waals surface area contributed by atoms with Crippen LogP contribution in [0, 0.1) is 5.82 Å². The summed E-state index contributed by atoms with van der Waals surface area (Å²) in [4.78, 5) is 0. The van der Waals surface area contributed by atoms with E-state index in [-0.39, 0.29) is 30.8 Å². The van der Waals surface area contributed by atoms with E-state index in [0.29, 0.717) is 38.0 Å². The van der Waals surface area contributed by atoms with Crippen molar-refractivity contribution in [2.75, 3.05) is 0 Å². The number of nitrogens with zero attached hydrogens (tertiary/aromatic N) is 1. The van der Waals surface area contributed by atoms with Crippen LogP contribution in [0.15, 0.2) is 89.3 Å². The molecule has 0 fully saturated rings. The SMILES string of the molecule is Fc1cc(C(c2c(Cl)cc(Cl)cc2Cl)c2c(Cl)cc(Cl)cc2Cl)cc(Cl)c1-n1c2ccccc2c2c3ccccc3oc21. The molecule has 2 aromatic heterocycles. The molecule has 2 heterocycles. The molecule has 0 N–H and O–H groups in total. The molecule has 10 heteroatoms. The van der Waals surface area contributed by atoms with E-state index < -0.39 is 11.7 Å². The Morgan fingerprint density at radius 3 is 1.72 bits per heavy atom. The first-order valence-electron chi connectivity index (χ1n) is 12.8. The zero-order valence-corrected chi connectivity index (χ0v) is 26.8. The molecule has 2 nitrogen and oxygen atoms in total. The van der Waals surface area contributed by atoms with Gasteiger partial charge in [0.25, 0.3) is 0 Å². The van der Waals surface area contributed by atoms with Gasteiger partial charge in [0.05, 0.1) is 15.9 Å². The fraction of sp³-hybridized carbons (Fsp3) is 0.0303. The van der Waals surface area contributed by atoms with Crippen molar-refractivity contribution in [3.63, 3.8) is 0 Å². The van der Waals surface area contributed by atoms with E-state index in [1.54, 1.807) is 34.9 Å². The van der Waals surface area contributed by atoms with E-state index in [2.05, 4.69) is 0 Å². The van der Waals surface area contributed by atoms with Crippen LogP contribution in [0.5, 0.6) is 0 Å². The second kappa shape index (κ2) is 11.1. The van der Waals surface area contributed by atoms with Gasteiger partial charge in [-0.05, 0) is 54.1 Å². The van der Waals surface area contributed by atoms with Crippen molar-refractivity contribution in [1.29, 1.82) is 0 Å². The highest BCUT2D eigenvalue weighted by molar-refractivity contribution is 6.41. The molecular weight excluding hydrogens is 694 g/mol. The molecule has 0 radical (unpaired) electrons. The lowest BCUT2D eigenvalue weighted by molar-refractivity contribution is 0.606. The predicted octanol–water partition coefficient (Wildman–Crippen LogP) is 13.4. The van der Waals surface area contributed by atoms with Gasteiger partial charge in [0.15, 0.2) is 0 Å². The van der Waals surface area contributed by atoms with Crippen LogP contribution in [0.25, 0.3) is 38.7 Å². The van der Waals surface area contributed by atoms with Crippen molar-refractivity contribution in [1.82, 2.24) is 4.57 Å². The Hall–Kier alpha value is -2.60. The number of aromatic nitrogens is 1. The fourth-order valence-corrected chi connectivity index (χ4v) is 8.13. The summed E-state index contributed by atoms with van der Waals surface area (Å²) in [6.07, 6.45) is 0. The fourth-order valence-electron chi connectivity index (χ4n) is 5.76. The van der Waals surface area contributed by atoms with E-state index in [0.717, 1.165) is 21.7 Å². The monoisotopic (exact) mass is 705 g/mol. The highest BCUT2D eigenvalue weighted by atomic mass is 35.5. The molecule has 7 rings (SSSR count). The first-order chi connectivity index (χ1) is 20.6. The van der Waals surface area contributed by atoms with Gasteiger partial charge in [-0.3, -0.25) is 4.57 Å². The Bertz CT molecular complexity index is 2130. The van der Waals surface area contributed by atoms with Gasteiger partial charge >= 0.3 is 0 Å². The molecule has 0 bridgehead atoms. The van der Waals surface area contributed by atoms with Crippen molar-refractivity contribution >= 4 is 114 Å². The van der Waals surface area contributed by atoms with Crippen LogP contribution in [0.3, 0.4) is 0 Å². The van der Waals surface area contributed by atoms with Gasteiger partial charge in [-0.25, -0.2) is 4.39 Å². The highest BCUT2D eigenvalue weighted by Crippen LogP contribution is 2.48. The number of hydrogen-bond acceptors (Lipinski definition) is 1. The van der Waals surface area contributed by atoms with Crippen LogP contribution in [-0.4, -0.2) is 4.57 Å². The Labute approximate surface area is 280 Å². The molecule has 0 spiro atoms. The van der Waals surface area contributed by atoms with E-state index in [9.17, 15) is 0 Å². The average Bonchev–Trinajstić information content (AvgIpc) is 3.46. The molecule has 0 aliphatic carbocycles. The van der Waals surface area contributed by atoms with Crippen molar-refractivity contribution in [2.45, 2.75) is 5.92 Å².